The van der Waals surface area contributed by atoms with E-state index >= 15 is 0 Å². The fourth-order valence-electron chi connectivity index (χ4n) is 4.51. The molecular weight excluding hydrogens is 450 g/mol. The van der Waals surface area contributed by atoms with Gasteiger partial charge in [-0.1, -0.05) is 30.3 Å². The minimum absolute atomic E-state index is 0.102. The van der Waals surface area contributed by atoms with Crippen molar-refractivity contribution in [1.29, 1.82) is 0 Å². The first-order valence-corrected chi connectivity index (χ1v) is 13.5. The number of anilines is 1. The van der Waals surface area contributed by atoms with Crippen LogP contribution in [0.15, 0.2) is 59.5 Å². The highest BCUT2D eigenvalue weighted by atomic mass is 32.2. The van der Waals surface area contributed by atoms with Gasteiger partial charge >= 0.3 is 0 Å². The maximum atomic E-state index is 13.1. The number of nitrogens with zero attached hydrogens (tertiary/aromatic N) is 2. The van der Waals surface area contributed by atoms with Crippen molar-refractivity contribution in [2.45, 2.75) is 56.8 Å². The Morgan fingerprint density at radius 1 is 1.06 bits per heavy atom. The van der Waals surface area contributed by atoms with Crippen molar-refractivity contribution in [2.24, 2.45) is 5.92 Å². The van der Waals surface area contributed by atoms with Crippen LogP contribution in [0.4, 0.5) is 5.69 Å². The lowest BCUT2D eigenvalue weighted by atomic mass is 10.1. The Hall–Kier alpha value is -2.26. The molecule has 1 heterocycles. The minimum atomic E-state index is -3.61. The Morgan fingerprint density at radius 3 is 2.26 bits per heavy atom. The van der Waals surface area contributed by atoms with Crippen molar-refractivity contribution < 1.29 is 17.9 Å². The molecule has 1 amide bonds. The molecule has 1 aliphatic heterocycles. The van der Waals surface area contributed by atoms with Gasteiger partial charge in [0, 0.05) is 31.4 Å². The standard InChI is InChI=1S/C26H35N3O4S/c1-19-15-29(16-20(2)33-19)34(31,32)25-13-11-24(12-14-25)27-26(30)18-28(17-22-9-10-22)21(3)23-7-5-4-6-8-23/h4-8,11-14,19-22H,9-10,15-18H2,1-3H3,(H,27,30). The lowest BCUT2D eigenvalue weighted by molar-refractivity contribution is -0.117. The highest BCUT2D eigenvalue weighted by Gasteiger charge is 2.32. The molecule has 2 aromatic rings. The van der Waals surface area contributed by atoms with E-state index in [2.05, 4.69) is 29.3 Å². The summed E-state index contributed by atoms with van der Waals surface area (Å²) in [4.78, 5) is 15.3. The SMILES string of the molecule is CC1CN(S(=O)(=O)c2ccc(NC(=O)CN(CC3CC3)C(C)c3ccccc3)cc2)CC(C)O1. The van der Waals surface area contributed by atoms with Crippen LogP contribution in [0, 0.1) is 5.92 Å². The van der Waals surface area contributed by atoms with E-state index in [1.54, 1.807) is 24.3 Å². The van der Waals surface area contributed by atoms with Crippen molar-refractivity contribution in [1.82, 2.24) is 9.21 Å². The number of nitrogens with one attached hydrogen (secondary N) is 1. The molecule has 3 atom stereocenters. The Labute approximate surface area is 203 Å². The number of hydrogen-bond donors (Lipinski definition) is 1. The number of morpholine rings is 1. The second kappa shape index (κ2) is 10.6. The van der Waals surface area contributed by atoms with Crippen molar-refractivity contribution in [3.05, 3.63) is 60.2 Å². The first-order valence-electron chi connectivity index (χ1n) is 12.1. The van der Waals surface area contributed by atoms with Gasteiger partial charge in [-0.05, 0) is 69.4 Å². The third kappa shape index (κ3) is 6.24. The van der Waals surface area contributed by atoms with E-state index in [1.165, 1.54) is 22.7 Å². The van der Waals surface area contributed by atoms with Gasteiger partial charge in [0.25, 0.3) is 0 Å². The van der Waals surface area contributed by atoms with Crippen LogP contribution < -0.4 is 5.32 Å². The summed E-state index contributed by atoms with van der Waals surface area (Å²) in [7, 11) is -3.61. The number of rotatable bonds is 9. The molecule has 3 unspecified atom stereocenters. The highest BCUT2D eigenvalue weighted by molar-refractivity contribution is 7.89. The van der Waals surface area contributed by atoms with Crippen LogP contribution >= 0.6 is 0 Å². The monoisotopic (exact) mass is 485 g/mol. The van der Waals surface area contributed by atoms with Gasteiger partial charge in [0.1, 0.15) is 0 Å². The number of amides is 1. The number of ether oxygens (including phenoxy) is 1. The van der Waals surface area contributed by atoms with Crippen molar-refractivity contribution in [3.63, 3.8) is 0 Å². The molecule has 0 spiro atoms. The largest absolute Gasteiger partial charge is 0.373 e. The second-order valence-corrected chi connectivity index (χ2v) is 11.5. The zero-order valence-corrected chi connectivity index (χ0v) is 21.0. The van der Waals surface area contributed by atoms with Gasteiger partial charge in [0.15, 0.2) is 0 Å². The predicted molar refractivity (Wildman–Crippen MR) is 133 cm³/mol. The van der Waals surface area contributed by atoms with Crippen LogP contribution in [0.3, 0.4) is 0 Å². The van der Waals surface area contributed by atoms with E-state index < -0.39 is 10.0 Å². The molecule has 34 heavy (non-hydrogen) atoms. The average molecular weight is 486 g/mol. The fraction of sp³-hybridized carbons (Fsp3) is 0.500. The molecule has 2 aromatic carbocycles. The fourth-order valence-corrected chi connectivity index (χ4v) is 6.10. The molecule has 1 N–H and O–H groups in total. The number of carbonyl (C=O) groups is 1. The molecule has 0 bridgehead atoms. The lowest BCUT2D eigenvalue weighted by Crippen LogP contribution is -2.48. The average Bonchev–Trinajstić information content (AvgIpc) is 3.62. The Bertz CT molecular complexity index is 1060. The zero-order chi connectivity index (χ0) is 24.3. The maximum absolute atomic E-state index is 13.1. The normalized spacial score (nSPS) is 22.5. The molecule has 4 rings (SSSR count). The van der Waals surface area contributed by atoms with E-state index in [9.17, 15) is 13.2 Å². The summed E-state index contributed by atoms with van der Waals surface area (Å²) in [6.45, 7) is 7.75. The van der Waals surface area contributed by atoms with E-state index in [0.29, 0.717) is 24.7 Å². The van der Waals surface area contributed by atoms with Crippen LogP contribution in [-0.4, -0.2) is 61.9 Å². The zero-order valence-electron chi connectivity index (χ0n) is 20.2. The van der Waals surface area contributed by atoms with Gasteiger partial charge in [-0.15, -0.1) is 0 Å². The topological polar surface area (TPSA) is 79.0 Å². The predicted octanol–water partition coefficient (Wildman–Crippen LogP) is 3.90. The molecule has 1 saturated carbocycles. The number of sulfonamides is 1. The van der Waals surface area contributed by atoms with Crippen LogP contribution in [0.1, 0.15) is 45.2 Å². The maximum Gasteiger partial charge on any atom is 0.243 e. The molecule has 0 radical (unpaired) electrons. The Kier molecular flexibility index (Phi) is 7.72. The summed E-state index contributed by atoms with van der Waals surface area (Å²) < 4.78 is 33.2. The van der Waals surface area contributed by atoms with Gasteiger partial charge in [-0.25, -0.2) is 8.42 Å². The first-order chi connectivity index (χ1) is 16.2. The molecule has 2 fully saturated rings. The van der Waals surface area contributed by atoms with Gasteiger partial charge < -0.3 is 10.1 Å². The molecule has 1 aliphatic carbocycles. The third-order valence-corrected chi connectivity index (χ3v) is 8.37. The molecule has 8 heteroatoms. The van der Waals surface area contributed by atoms with E-state index in [4.69, 9.17) is 4.74 Å². The van der Waals surface area contributed by atoms with Crippen molar-refractivity contribution in [3.8, 4) is 0 Å². The Morgan fingerprint density at radius 2 is 1.68 bits per heavy atom. The first kappa shape index (κ1) is 24.9. The molecule has 2 aliphatic rings. The van der Waals surface area contributed by atoms with Crippen LogP contribution in [0.2, 0.25) is 0 Å². The number of benzene rings is 2. The third-order valence-electron chi connectivity index (χ3n) is 6.53. The van der Waals surface area contributed by atoms with Gasteiger partial charge in [-0.3, -0.25) is 9.69 Å². The summed E-state index contributed by atoms with van der Waals surface area (Å²) >= 11 is 0. The summed E-state index contributed by atoms with van der Waals surface area (Å²) in [6.07, 6.45) is 2.15. The number of hydrogen-bond acceptors (Lipinski definition) is 5. The Balaban J connectivity index is 1.39. The summed E-state index contributed by atoms with van der Waals surface area (Å²) in [6, 6.07) is 16.8. The van der Waals surface area contributed by atoms with E-state index in [1.807, 2.05) is 32.0 Å². The molecule has 1 saturated heterocycles. The van der Waals surface area contributed by atoms with E-state index in [0.717, 1.165) is 6.54 Å². The highest BCUT2D eigenvalue weighted by Crippen LogP contribution is 2.32. The van der Waals surface area contributed by atoms with Crippen LogP contribution in [0.25, 0.3) is 0 Å². The van der Waals surface area contributed by atoms with Gasteiger partial charge in [0.2, 0.25) is 15.9 Å². The lowest BCUT2D eigenvalue weighted by Gasteiger charge is -2.34. The molecule has 184 valence electrons. The second-order valence-electron chi connectivity index (χ2n) is 9.61. The summed E-state index contributed by atoms with van der Waals surface area (Å²) in [5, 5.41) is 2.94. The van der Waals surface area contributed by atoms with Crippen molar-refractivity contribution in [2.75, 3.05) is 31.5 Å². The minimum Gasteiger partial charge on any atom is -0.373 e. The summed E-state index contributed by atoms with van der Waals surface area (Å²) in [5.74, 6) is 0.559. The smallest absolute Gasteiger partial charge is 0.243 e. The van der Waals surface area contributed by atoms with Crippen LogP contribution in [0.5, 0.6) is 0 Å². The quantitative estimate of drug-likeness (QED) is 0.583. The van der Waals surface area contributed by atoms with Crippen LogP contribution in [-0.2, 0) is 19.6 Å². The van der Waals surface area contributed by atoms with Gasteiger partial charge in [0.05, 0.1) is 23.6 Å². The summed E-state index contributed by atoms with van der Waals surface area (Å²) in [5.41, 5.74) is 1.78. The molecule has 0 aromatic heterocycles. The van der Waals surface area contributed by atoms with Gasteiger partial charge in [-0.2, -0.15) is 4.31 Å². The van der Waals surface area contributed by atoms with E-state index in [-0.39, 0.29) is 35.6 Å². The molecular formula is C26H35N3O4S. The van der Waals surface area contributed by atoms with Crippen molar-refractivity contribution >= 4 is 21.6 Å². The molecule has 7 nitrogen and oxygen atoms in total. The number of carbonyl (C=O) groups excluding carboxylic acids is 1.